The van der Waals surface area contributed by atoms with E-state index in [0.717, 1.165) is 49.5 Å². The van der Waals surface area contributed by atoms with Gasteiger partial charge in [0.1, 0.15) is 17.4 Å². The molecule has 0 saturated carbocycles. The second kappa shape index (κ2) is 10.1. The van der Waals surface area contributed by atoms with Crippen molar-refractivity contribution in [2.45, 2.75) is 45.7 Å². The van der Waals surface area contributed by atoms with Gasteiger partial charge in [-0.3, -0.25) is 9.69 Å². The number of hydrogen-bond acceptors (Lipinski definition) is 5. The summed E-state index contributed by atoms with van der Waals surface area (Å²) in [6.07, 6.45) is 4.80. The van der Waals surface area contributed by atoms with Crippen LogP contribution in [0, 0.1) is 19.7 Å². The maximum atomic E-state index is 13.1. The second-order valence-corrected chi connectivity index (χ2v) is 8.49. The zero-order valence-electron chi connectivity index (χ0n) is 19.3. The molecule has 1 amide bonds. The lowest BCUT2D eigenvalue weighted by atomic mass is 9.99. The summed E-state index contributed by atoms with van der Waals surface area (Å²) in [6, 6.07) is 12.0. The molecule has 3 aromatic rings. The van der Waals surface area contributed by atoms with Gasteiger partial charge < -0.3 is 10.1 Å². The summed E-state index contributed by atoms with van der Waals surface area (Å²) >= 11 is 0. The molecule has 2 aromatic carbocycles. The van der Waals surface area contributed by atoms with E-state index in [-0.39, 0.29) is 17.8 Å². The smallest absolute Gasteiger partial charge is 0.259 e. The van der Waals surface area contributed by atoms with Gasteiger partial charge in [-0.2, -0.15) is 0 Å². The first kappa shape index (κ1) is 22.9. The third kappa shape index (κ3) is 5.37. The molecule has 0 radical (unpaired) electrons. The lowest BCUT2D eigenvalue weighted by Gasteiger charge is -2.35. The van der Waals surface area contributed by atoms with Crippen molar-refractivity contribution in [1.82, 2.24) is 14.9 Å². The van der Waals surface area contributed by atoms with Crippen molar-refractivity contribution >= 4 is 11.6 Å². The number of hydrogen-bond donors (Lipinski definition) is 1. The van der Waals surface area contributed by atoms with E-state index >= 15 is 0 Å². The molecular weight excluding hydrogens is 419 g/mol. The first-order valence-electron chi connectivity index (χ1n) is 11.2. The van der Waals surface area contributed by atoms with Gasteiger partial charge in [0.2, 0.25) is 0 Å². The zero-order chi connectivity index (χ0) is 23.4. The third-order valence-electron chi connectivity index (χ3n) is 6.07. The van der Waals surface area contributed by atoms with Crippen LogP contribution in [-0.2, 0) is 6.54 Å². The Bertz CT molecular complexity index is 1130. The van der Waals surface area contributed by atoms with Crippen LogP contribution < -0.4 is 10.1 Å². The molecular formula is C26H29FN4O2. The van der Waals surface area contributed by atoms with E-state index in [1.54, 1.807) is 13.3 Å². The van der Waals surface area contributed by atoms with Crippen LogP contribution in [0.3, 0.4) is 0 Å². The molecule has 33 heavy (non-hydrogen) atoms. The average molecular weight is 449 g/mol. The summed E-state index contributed by atoms with van der Waals surface area (Å²) in [5, 5.41) is 2.77. The van der Waals surface area contributed by atoms with Crippen molar-refractivity contribution in [3.8, 4) is 5.75 Å². The fourth-order valence-electron chi connectivity index (χ4n) is 4.27. The Morgan fingerprint density at radius 1 is 1.18 bits per heavy atom. The number of benzene rings is 2. The Kier molecular flexibility index (Phi) is 6.99. The maximum Gasteiger partial charge on any atom is 0.259 e. The molecule has 2 heterocycles. The minimum absolute atomic E-state index is 0.0812. The summed E-state index contributed by atoms with van der Waals surface area (Å²) in [4.78, 5) is 24.4. The van der Waals surface area contributed by atoms with Crippen LogP contribution in [0.1, 0.15) is 58.3 Å². The van der Waals surface area contributed by atoms with Crippen LogP contribution in [0.15, 0.2) is 48.7 Å². The van der Waals surface area contributed by atoms with Crippen molar-refractivity contribution in [3.05, 3.63) is 82.7 Å². The normalized spacial score (nSPS) is 16.4. The number of piperidine rings is 1. The molecule has 0 unspecified atom stereocenters. The summed E-state index contributed by atoms with van der Waals surface area (Å²) in [6.45, 7) is 5.58. The quantitative estimate of drug-likeness (QED) is 0.560. The highest BCUT2D eigenvalue weighted by atomic mass is 19.1. The van der Waals surface area contributed by atoms with Crippen LogP contribution >= 0.6 is 0 Å². The summed E-state index contributed by atoms with van der Waals surface area (Å²) in [7, 11) is 1.70. The molecule has 7 heteroatoms. The van der Waals surface area contributed by atoms with Crippen LogP contribution in [0.2, 0.25) is 0 Å². The van der Waals surface area contributed by atoms with Gasteiger partial charge in [0.15, 0.2) is 0 Å². The largest absolute Gasteiger partial charge is 0.496 e. The monoisotopic (exact) mass is 448 g/mol. The van der Waals surface area contributed by atoms with E-state index in [0.29, 0.717) is 16.9 Å². The number of anilines is 1. The molecule has 0 spiro atoms. The number of methoxy groups -OCH3 is 1. The molecule has 4 rings (SSSR count). The molecule has 1 atom stereocenters. The molecule has 6 nitrogen and oxygen atoms in total. The number of nitrogens with one attached hydrogen (secondary N) is 1. The van der Waals surface area contributed by atoms with Gasteiger partial charge in [0.05, 0.1) is 24.4 Å². The van der Waals surface area contributed by atoms with Crippen LogP contribution in [0.5, 0.6) is 5.75 Å². The topological polar surface area (TPSA) is 67.3 Å². The Balaban J connectivity index is 1.52. The van der Waals surface area contributed by atoms with Gasteiger partial charge in [0.25, 0.3) is 5.91 Å². The molecule has 1 aromatic heterocycles. The molecule has 1 fully saturated rings. The van der Waals surface area contributed by atoms with Crippen molar-refractivity contribution in [1.29, 1.82) is 0 Å². The van der Waals surface area contributed by atoms with Gasteiger partial charge in [-0.15, -0.1) is 0 Å². The fraction of sp³-hybridized carbons (Fsp3) is 0.346. The molecule has 1 N–H and O–H groups in total. The molecule has 172 valence electrons. The first-order chi connectivity index (χ1) is 15.9. The van der Waals surface area contributed by atoms with Crippen LogP contribution in [-0.4, -0.2) is 34.4 Å². The van der Waals surface area contributed by atoms with Gasteiger partial charge >= 0.3 is 0 Å². The lowest BCUT2D eigenvalue weighted by Crippen LogP contribution is -2.34. The number of halogens is 1. The van der Waals surface area contributed by atoms with E-state index in [4.69, 9.17) is 9.72 Å². The number of carbonyl (C=O) groups excluding carboxylic acids is 1. The van der Waals surface area contributed by atoms with E-state index in [2.05, 4.69) is 40.3 Å². The summed E-state index contributed by atoms with van der Waals surface area (Å²) < 4.78 is 18.7. The molecule has 0 bridgehead atoms. The van der Waals surface area contributed by atoms with Crippen molar-refractivity contribution < 1.29 is 13.9 Å². The van der Waals surface area contributed by atoms with Crippen LogP contribution in [0.4, 0.5) is 10.1 Å². The average Bonchev–Trinajstić information content (AvgIpc) is 2.82. The minimum Gasteiger partial charge on any atom is -0.496 e. The highest BCUT2D eigenvalue weighted by Crippen LogP contribution is 2.32. The highest BCUT2D eigenvalue weighted by Gasteiger charge is 2.28. The predicted octanol–water partition coefficient (Wildman–Crippen LogP) is 5.22. The maximum absolute atomic E-state index is 13.1. The first-order valence-corrected chi connectivity index (χ1v) is 11.2. The van der Waals surface area contributed by atoms with E-state index in [1.165, 1.54) is 29.8 Å². The number of ether oxygens (including phenoxy) is 1. The van der Waals surface area contributed by atoms with Crippen molar-refractivity contribution in [2.75, 3.05) is 19.0 Å². The van der Waals surface area contributed by atoms with E-state index in [1.807, 2.05) is 6.92 Å². The fourth-order valence-corrected chi connectivity index (χ4v) is 4.27. The van der Waals surface area contributed by atoms with Gasteiger partial charge in [-0.25, -0.2) is 14.4 Å². The van der Waals surface area contributed by atoms with Gasteiger partial charge in [0, 0.05) is 24.0 Å². The predicted molar refractivity (Wildman–Crippen MR) is 126 cm³/mol. The molecule has 1 aliphatic rings. The summed E-state index contributed by atoms with van der Waals surface area (Å²) in [5.74, 6) is 0.966. The third-order valence-corrected chi connectivity index (χ3v) is 6.07. The number of nitrogens with zero attached hydrogens (tertiary/aromatic N) is 3. The van der Waals surface area contributed by atoms with E-state index in [9.17, 15) is 9.18 Å². The summed E-state index contributed by atoms with van der Waals surface area (Å²) in [5.41, 5.74) is 3.86. The number of aromatic nitrogens is 2. The number of carbonyl (C=O) groups is 1. The van der Waals surface area contributed by atoms with Crippen molar-refractivity contribution in [3.63, 3.8) is 0 Å². The number of aryl methyl sites for hydroxylation is 2. The van der Waals surface area contributed by atoms with Crippen LogP contribution in [0.25, 0.3) is 0 Å². The molecule has 1 aliphatic heterocycles. The SMILES string of the molecule is COc1cc(C)ccc1CN1CCCC[C@H]1c1ncc(C(=O)Nc2ccc(F)cc2)c(C)n1. The Morgan fingerprint density at radius 3 is 2.70 bits per heavy atom. The minimum atomic E-state index is -0.350. The van der Waals surface area contributed by atoms with Gasteiger partial charge in [-0.1, -0.05) is 18.6 Å². The zero-order valence-corrected chi connectivity index (χ0v) is 19.3. The number of likely N-dealkylation sites (tertiary alicyclic amines) is 1. The standard InChI is InChI=1S/C26H29FN4O2/c1-17-7-8-19(24(14-17)33-3)16-31-13-5-4-6-23(31)25-28-15-22(18(2)29-25)26(32)30-21-11-9-20(27)10-12-21/h7-12,14-15,23H,4-6,13,16H2,1-3H3,(H,30,32)/t23-/m0/s1. The number of amides is 1. The lowest BCUT2D eigenvalue weighted by molar-refractivity contribution is 0.102. The van der Waals surface area contributed by atoms with Gasteiger partial charge in [-0.05, 0) is 69.1 Å². The highest BCUT2D eigenvalue weighted by molar-refractivity contribution is 6.04. The molecule has 0 aliphatic carbocycles. The Morgan fingerprint density at radius 2 is 1.97 bits per heavy atom. The molecule has 1 saturated heterocycles. The van der Waals surface area contributed by atoms with Crippen molar-refractivity contribution in [2.24, 2.45) is 0 Å². The second-order valence-electron chi connectivity index (χ2n) is 8.49. The Hall–Kier alpha value is -3.32. The Labute approximate surface area is 193 Å². The number of rotatable bonds is 6. The van der Waals surface area contributed by atoms with E-state index < -0.39 is 0 Å².